The van der Waals surface area contributed by atoms with Gasteiger partial charge in [-0.25, -0.2) is 9.67 Å². The van der Waals surface area contributed by atoms with E-state index in [0.29, 0.717) is 12.5 Å². The van der Waals surface area contributed by atoms with Crippen molar-refractivity contribution in [3.05, 3.63) is 47.0 Å². The number of benzene rings is 1. The van der Waals surface area contributed by atoms with E-state index in [2.05, 4.69) is 56.0 Å². The summed E-state index contributed by atoms with van der Waals surface area (Å²) < 4.78 is 1.93. The Morgan fingerprint density at radius 1 is 1.21 bits per heavy atom. The largest absolute Gasteiger partial charge is 0.324 e. The average molecular weight is 258 g/mol. The highest BCUT2D eigenvalue weighted by Gasteiger charge is 2.14. The molecule has 0 radical (unpaired) electrons. The second-order valence-electron chi connectivity index (χ2n) is 5.37. The van der Waals surface area contributed by atoms with E-state index in [-0.39, 0.29) is 6.04 Å². The van der Waals surface area contributed by atoms with Gasteiger partial charge in [-0.05, 0) is 44.4 Å². The number of rotatable bonds is 4. The second-order valence-corrected chi connectivity index (χ2v) is 5.37. The highest BCUT2D eigenvalue weighted by atomic mass is 15.3. The van der Waals surface area contributed by atoms with Crippen molar-refractivity contribution in [2.75, 3.05) is 0 Å². The molecule has 19 heavy (non-hydrogen) atoms. The summed E-state index contributed by atoms with van der Waals surface area (Å²) in [4.78, 5) is 4.31. The molecule has 1 atom stereocenters. The zero-order chi connectivity index (χ0) is 14.0. The van der Waals surface area contributed by atoms with Crippen molar-refractivity contribution in [1.29, 1.82) is 0 Å². The summed E-state index contributed by atoms with van der Waals surface area (Å²) in [5.74, 6) is 0.945. The first-order valence-corrected chi connectivity index (χ1v) is 6.70. The number of aromatic nitrogens is 3. The molecule has 0 aliphatic rings. The minimum absolute atomic E-state index is 0.0407. The number of nitrogens with two attached hydrogens (primary N) is 1. The summed E-state index contributed by atoms with van der Waals surface area (Å²) in [5, 5.41) is 4.24. The van der Waals surface area contributed by atoms with Crippen LogP contribution in [0, 0.1) is 13.8 Å². The summed E-state index contributed by atoms with van der Waals surface area (Å²) in [7, 11) is 0. The third kappa shape index (κ3) is 3.01. The first-order chi connectivity index (χ1) is 8.99. The van der Waals surface area contributed by atoms with E-state index >= 15 is 0 Å². The van der Waals surface area contributed by atoms with Crippen molar-refractivity contribution in [2.24, 2.45) is 5.73 Å². The molecule has 1 unspecified atom stereocenters. The first kappa shape index (κ1) is 13.7. The fraction of sp³-hybridized carbons (Fsp3) is 0.467. The summed E-state index contributed by atoms with van der Waals surface area (Å²) in [6.45, 7) is 8.42. The predicted molar refractivity (Wildman–Crippen MR) is 77.0 cm³/mol. The summed E-state index contributed by atoms with van der Waals surface area (Å²) in [6.07, 6.45) is 2.31. The molecule has 1 heterocycles. The van der Waals surface area contributed by atoms with Crippen LogP contribution >= 0.6 is 0 Å². The van der Waals surface area contributed by atoms with Crippen LogP contribution in [0.4, 0.5) is 0 Å². The fourth-order valence-corrected chi connectivity index (χ4v) is 2.16. The van der Waals surface area contributed by atoms with Gasteiger partial charge in [-0.1, -0.05) is 18.2 Å². The van der Waals surface area contributed by atoms with Gasteiger partial charge in [0.2, 0.25) is 0 Å². The minimum atomic E-state index is -0.0407. The topological polar surface area (TPSA) is 56.7 Å². The van der Waals surface area contributed by atoms with Crippen molar-refractivity contribution in [1.82, 2.24) is 14.8 Å². The van der Waals surface area contributed by atoms with Crippen molar-refractivity contribution in [3.63, 3.8) is 0 Å². The molecule has 0 fully saturated rings. The molecule has 0 saturated heterocycles. The smallest absolute Gasteiger partial charge is 0.138 e. The van der Waals surface area contributed by atoms with Gasteiger partial charge in [0.1, 0.15) is 12.2 Å². The van der Waals surface area contributed by atoms with Crippen LogP contribution in [0.1, 0.15) is 48.4 Å². The van der Waals surface area contributed by atoms with Gasteiger partial charge < -0.3 is 5.73 Å². The average Bonchev–Trinajstić information content (AvgIpc) is 2.80. The molecule has 0 spiro atoms. The zero-order valence-electron chi connectivity index (χ0n) is 12.1. The molecule has 0 aliphatic heterocycles. The van der Waals surface area contributed by atoms with Gasteiger partial charge in [0.05, 0.1) is 0 Å². The SMILES string of the molecule is Cc1ccc(C(N)Cc2ncnn2C(C)C)cc1C. The van der Waals surface area contributed by atoms with Crippen molar-refractivity contribution in [3.8, 4) is 0 Å². The van der Waals surface area contributed by atoms with Gasteiger partial charge in [0.25, 0.3) is 0 Å². The molecule has 0 amide bonds. The first-order valence-electron chi connectivity index (χ1n) is 6.70. The molecule has 0 bridgehead atoms. The standard InChI is InChI=1S/C15H22N4/c1-10(2)19-15(17-9-18-19)8-14(16)13-6-5-11(3)12(4)7-13/h5-7,9-10,14H,8,16H2,1-4H3. The highest BCUT2D eigenvalue weighted by Crippen LogP contribution is 2.19. The molecule has 1 aromatic heterocycles. The molecule has 1 aromatic carbocycles. The molecular weight excluding hydrogens is 236 g/mol. The lowest BCUT2D eigenvalue weighted by atomic mass is 9.99. The minimum Gasteiger partial charge on any atom is -0.324 e. The normalized spacial score (nSPS) is 12.9. The monoisotopic (exact) mass is 258 g/mol. The summed E-state index contributed by atoms with van der Waals surface area (Å²) >= 11 is 0. The third-order valence-electron chi connectivity index (χ3n) is 3.50. The molecule has 2 rings (SSSR count). The molecule has 2 aromatic rings. The maximum absolute atomic E-state index is 6.29. The van der Waals surface area contributed by atoms with Crippen molar-refractivity contribution in [2.45, 2.75) is 46.2 Å². The van der Waals surface area contributed by atoms with E-state index in [1.165, 1.54) is 11.1 Å². The maximum atomic E-state index is 6.29. The van der Waals surface area contributed by atoms with Gasteiger partial charge in [-0.2, -0.15) is 5.10 Å². The van der Waals surface area contributed by atoms with Gasteiger partial charge >= 0.3 is 0 Å². The Bertz CT molecular complexity index is 557. The maximum Gasteiger partial charge on any atom is 0.138 e. The van der Waals surface area contributed by atoms with E-state index in [9.17, 15) is 0 Å². The van der Waals surface area contributed by atoms with E-state index in [0.717, 1.165) is 11.4 Å². The molecule has 0 aliphatic carbocycles. The van der Waals surface area contributed by atoms with Crippen LogP contribution in [0.5, 0.6) is 0 Å². The van der Waals surface area contributed by atoms with Crippen LogP contribution in [0.25, 0.3) is 0 Å². The zero-order valence-corrected chi connectivity index (χ0v) is 12.1. The Balaban J connectivity index is 2.18. The summed E-state index contributed by atoms with van der Waals surface area (Å²) in [5.41, 5.74) is 10.0. The highest BCUT2D eigenvalue weighted by molar-refractivity contribution is 5.31. The van der Waals surface area contributed by atoms with Crippen molar-refractivity contribution >= 4 is 0 Å². The van der Waals surface area contributed by atoms with E-state index in [1.54, 1.807) is 6.33 Å². The van der Waals surface area contributed by atoms with Crippen LogP contribution in [-0.2, 0) is 6.42 Å². The molecule has 4 nitrogen and oxygen atoms in total. The lowest BCUT2D eigenvalue weighted by Gasteiger charge is -2.15. The molecular formula is C15H22N4. The third-order valence-corrected chi connectivity index (χ3v) is 3.50. The van der Waals surface area contributed by atoms with Gasteiger partial charge in [-0.15, -0.1) is 0 Å². The molecule has 102 valence electrons. The summed E-state index contributed by atoms with van der Waals surface area (Å²) in [6, 6.07) is 6.65. The second kappa shape index (κ2) is 5.53. The predicted octanol–water partition coefficient (Wildman–Crippen LogP) is 2.72. The number of aryl methyl sites for hydroxylation is 2. The van der Waals surface area contributed by atoms with Gasteiger partial charge in [0, 0.05) is 18.5 Å². The molecule has 0 saturated carbocycles. The van der Waals surface area contributed by atoms with Crippen LogP contribution in [0.2, 0.25) is 0 Å². The van der Waals surface area contributed by atoms with E-state index in [1.807, 2.05) is 4.68 Å². The Labute approximate surface area is 114 Å². The fourth-order valence-electron chi connectivity index (χ4n) is 2.16. The number of hydrogen-bond acceptors (Lipinski definition) is 3. The van der Waals surface area contributed by atoms with Crippen molar-refractivity contribution < 1.29 is 0 Å². The van der Waals surface area contributed by atoms with Crippen LogP contribution < -0.4 is 5.73 Å². The molecule has 4 heteroatoms. The van der Waals surface area contributed by atoms with Crippen LogP contribution in [-0.4, -0.2) is 14.8 Å². The Morgan fingerprint density at radius 2 is 1.95 bits per heavy atom. The van der Waals surface area contributed by atoms with Gasteiger partial charge in [0.15, 0.2) is 0 Å². The lowest BCUT2D eigenvalue weighted by Crippen LogP contribution is -2.18. The quantitative estimate of drug-likeness (QED) is 0.917. The van der Waals surface area contributed by atoms with Crippen LogP contribution in [0.15, 0.2) is 24.5 Å². The van der Waals surface area contributed by atoms with E-state index in [4.69, 9.17) is 5.73 Å². The number of nitrogens with zero attached hydrogens (tertiary/aromatic N) is 3. The lowest BCUT2D eigenvalue weighted by molar-refractivity contribution is 0.493. The number of hydrogen-bond donors (Lipinski definition) is 1. The Hall–Kier alpha value is -1.68. The van der Waals surface area contributed by atoms with Crippen LogP contribution in [0.3, 0.4) is 0 Å². The Morgan fingerprint density at radius 3 is 2.58 bits per heavy atom. The molecule has 2 N–H and O–H groups in total. The Kier molecular flexibility index (Phi) is 4.00. The van der Waals surface area contributed by atoms with E-state index < -0.39 is 0 Å². The van der Waals surface area contributed by atoms with Gasteiger partial charge in [-0.3, -0.25) is 0 Å².